The number of rotatable bonds is 77. The zero-order chi connectivity index (χ0) is 71.8. The molecule has 0 radical (unpaired) electrons. The van der Waals surface area contributed by atoms with Crippen LogP contribution in [-0.4, -0.2) is 96.7 Å². The summed E-state index contributed by atoms with van der Waals surface area (Å²) in [5.41, 5.74) is 0. The Balaban J connectivity index is 5.31. The lowest BCUT2D eigenvalue weighted by Gasteiger charge is -2.21. The third-order valence-electron chi connectivity index (χ3n) is 17.6. The fraction of sp³-hybridized carbons (Fsp3) is 0.873. The van der Waals surface area contributed by atoms with E-state index >= 15 is 0 Å². The van der Waals surface area contributed by atoms with Crippen LogP contribution in [0, 0.1) is 0 Å². The number of phosphoric ester groups is 2. The zero-order valence-electron chi connectivity index (χ0n) is 63.0. The number of carbonyl (C=O) groups excluding carboxylic acids is 4. The van der Waals surface area contributed by atoms with Crippen molar-refractivity contribution in [1.29, 1.82) is 0 Å². The molecule has 0 aromatic heterocycles. The van der Waals surface area contributed by atoms with Gasteiger partial charge in [-0.2, -0.15) is 0 Å². The first-order valence-corrected chi connectivity index (χ1v) is 43.2. The van der Waals surface area contributed by atoms with Gasteiger partial charge in [-0.25, -0.2) is 9.13 Å². The molecule has 0 rings (SSSR count). The molecule has 19 heteroatoms. The molecule has 17 nitrogen and oxygen atoms in total. The molecule has 0 aromatic rings. The molecule has 576 valence electrons. The summed E-state index contributed by atoms with van der Waals surface area (Å²) in [7, 11) is -9.93. The predicted octanol–water partition coefficient (Wildman–Crippen LogP) is 23.1. The first-order chi connectivity index (χ1) is 47.7. The highest BCUT2D eigenvalue weighted by Gasteiger charge is 2.30. The number of esters is 4. The van der Waals surface area contributed by atoms with E-state index in [1.807, 2.05) is 0 Å². The topological polar surface area (TPSA) is 237 Å². The van der Waals surface area contributed by atoms with E-state index in [2.05, 4.69) is 64.2 Å². The van der Waals surface area contributed by atoms with Gasteiger partial charge < -0.3 is 33.8 Å². The van der Waals surface area contributed by atoms with Crippen molar-refractivity contribution < 1.29 is 80.2 Å². The van der Waals surface area contributed by atoms with Crippen LogP contribution in [0.1, 0.15) is 387 Å². The van der Waals surface area contributed by atoms with E-state index < -0.39 is 97.5 Å². The maximum atomic E-state index is 13.1. The third-order valence-corrected chi connectivity index (χ3v) is 19.5. The quantitative estimate of drug-likeness (QED) is 0.0169. The molecule has 98 heavy (non-hydrogen) atoms. The van der Waals surface area contributed by atoms with Gasteiger partial charge in [0.25, 0.3) is 0 Å². The maximum Gasteiger partial charge on any atom is 0.472 e. The van der Waals surface area contributed by atoms with Gasteiger partial charge in [0.1, 0.15) is 19.3 Å². The van der Waals surface area contributed by atoms with Crippen LogP contribution in [0.3, 0.4) is 0 Å². The molecule has 0 fully saturated rings. The SMILES string of the molecule is CCCCC/C=C\C/C=C\CCCCCCCC(=O)OCC(COP(=O)(O)OCC(O)COP(=O)(O)OCC(COC(=O)CCCCCCCCCCCCCCCCC)OC(=O)CCCCCCCCCCCCCCC)OC(=O)CCCCCCC/C=C\CCCCCCCC. The molecule has 0 saturated carbocycles. The molecule has 3 N–H and O–H groups in total. The predicted molar refractivity (Wildman–Crippen MR) is 400 cm³/mol. The Morgan fingerprint density at radius 3 is 0.786 bits per heavy atom. The highest BCUT2D eigenvalue weighted by atomic mass is 31.2. The Morgan fingerprint density at radius 2 is 0.500 bits per heavy atom. The summed E-state index contributed by atoms with van der Waals surface area (Å²) in [6.45, 7) is 4.92. The molecule has 0 saturated heterocycles. The van der Waals surface area contributed by atoms with Crippen molar-refractivity contribution in [2.45, 2.75) is 406 Å². The van der Waals surface area contributed by atoms with Crippen LogP contribution in [0.2, 0.25) is 0 Å². The van der Waals surface area contributed by atoms with Crippen LogP contribution >= 0.6 is 15.6 Å². The molecule has 0 aliphatic heterocycles. The van der Waals surface area contributed by atoms with E-state index in [-0.39, 0.29) is 25.7 Å². The summed E-state index contributed by atoms with van der Waals surface area (Å²) in [6, 6.07) is 0. The van der Waals surface area contributed by atoms with Crippen molar-refractivity contribution in [1.82, 2.24) is 0 Å². The molecule has 0 heterocycles. The molecular formula is C79H148O17P2. The average Bonchev–Trinajstić information content (AvgIpc) is 1.04. The van der Waals surface area contributed by atoms with E-state index in [4.69, 9.17) is 37.0 Å². The second-order valence-electron chi connectivity index (χ2n) is 27.4. The number of phosphoric acid groups is 2. The summed E-state index contributed by atoms with van der Waals surface area (Å²) in [5.74, 6) is -2.15. The highest BCUT2D eigenvalue weighted by Crippen LogP contribution is 2.45. The molecule has 0 amide bonds. The molecule has 5 unspecified atom stereocenters. The molecule has 5 atom stereocenters. The molecule has 0 aromatic carbocycles. The molecule has 0 spiro atoms. The van der Waals surface area contributed by atoms with Gasteiger partial charge in [0.15, 0.2) is 12.2 Å². The van der Waals surface area contributed by atoms with E-state index in [1.165, 1.54) is 180 Å². The zero-order valence-corrected chi connectivity index (χ0v) is 64.8. The highest BCUT2D eigenvalue weighted by molar-refractivity contribution is 7.47. The number of aliphatic hydroxyl groups is 1. The van der Waals surface area contributed by atoms with Crippen molar-refractivity contribution in [3.05, 3.63) is 36.5 Å². The van der Waals surface area contributed by atoms with Gasteiger partial charge in [0, 0.05) is 25.7 Å². The third kappa shape index (κ3) is 71.7. The number of hydrogen-bond donors (Lipinski definition) is 3. The van der Waals surface area contributed by atoms with Gasteiger partial charge in [-0.15, -0.1) is 0 Å². The number of allylic oxidation sites excluding steroid dienone is 6. The maximum absolute atomic E-state index is 13.1. The van der Waals surface area contributed by atoms with E-state index in [1.54, 1.807) is 0 Å². The second-order valence-corrected chi connectivity index (χ2v) is 30.3. The summed E-state index contributed by atoms with van der Waals surface area (Å²) in [5, 5.41) is 10.6. The number of unbranched alkanes of at least 4 members (excludes halogenated alkanes) is 45. The van der Waals surface area contributed by atoms with Gasteiger partial charge in [-0.05, 0) is 83.5 Å². The smallest absolute Gasteiger partial charge is 0.462 e. The van der Waals surface area contributed by atoms with Crippen molar-refractivity contribution >= 4 is 39.5 Å². The van der Waals surface area contributed by atoms with Crippen molar-refractivity contribution in [2.24, 2.45) is 0 Å². The number of ether oxygens (including phenoxy) is 4. The first-order valence-electron chi connectivity index (χ1n) is 40.2. The van der Waals surface area contributed by atoms with E-state index in [0.717, 1.165) is 128 Å². The summed E-state index contributed by atoms with van der Waals surface area (Å²) in [4.78, 5) is 72.9. The Morgan fingerprint density at radius 1 is 0.286 bits per heavy atom. The van der Waals surface area contributed by atoms with Crippen molar-refractivity contribution in [3.8, 4) is 0 Å². The van der Waals surface area contributed by atoms with Gasteiger partial charge in [0.2, 0.25) is 0 Å². The Hall–Kier alpha value is -2.72. The Bertz CT molecular complexity index is 2000. The van der Waals surface area contributed by atoms with Crippen LogP contribution in [-0.2, 0) is 65.4 Å². The lowest BCUT2D eigenvalue weighted by molar-refractivity contribution is -0.161. The van der Waals surface area contributed by atoms with Crippen LogP contribution in [0.4, 0.5) is 0 Å². The molecule has 0 aliphatic carbocycles. The lowest BCUT2D eigenvalue weighted by atomic mass is 10.0. The summed E-state index contributed by atoms with van der Waals surface area (Å²) in [6.07, 6.45) is 68.3. The first kappa shape index (κ1) is 95.3. The van der Waals surface area contributed by atoms with E-state index in [0.29, 0.717) is 25.7 Å². The normalized spacial score (nSPS) is 14.1. The fourth-order valence-electron chi connectivity index (χ4n) is 11.4. The number of hydrogen-bond acceptors (Lipinski definition) is 15. The molecule has 0 bridgehead atoms. The Labute approximate surface area is 598 Å². The number of carbonyl (C=O) groups is 4. The summed E-state index contributed by atoms with van der Waals surface area (Å²) >= 11 is 0. The van der Waals surface area contributed by atoms with Crippen LogP contribution in [0.25, 0.3) is 0 Å². The average molecular weight is 1430 g/mol. The van der Waals surface area contributed by atoms with Gasteiger partial charge >= 0.3 is 39.5 Å². The van der Waals surface area contributed by atoms with Crippen LogP contribution in [0.15, 0.2) is 36.5 Å². The monoisotopic (exact) mass is 1430 g/mol. The lowest BCUT2D eigenvalue weighted by Crippen LogP contribution is -2.30. The Kier molecular flexibility index (Phi) is 70.6. The van der Waals surface area contributed by atoms with Crippen molar-refractivity contribution in [3.63, 3.8) is 0 Å². The minimum atomic E-state index is -4.97. The largest absolute Gasteiger partial charge is 0.472 e. The fourth-order valence-corrected chi connectivity index (χ4v) is 13.0. The number of aliphatic hydroxyl groups excluding tert-OH is 1. The summed E-state index contributed by atoms with van der Waals surface area (Å²) < 4.78 is 68.6. The van der Waals surface area contributed by atoms with Gasteiger partial charge in [-0.1, -0.05) is 315 Å². The van der Waals surface area contributed by atoms with Crippen molar-refractivity contribution in [2.75, 3.05) is 39.6 Å². The second kappa shape index (κ2) is 72.6. The standard InChI is InChI=1S/C79H148O17P2/c1-5-9-13-17-21-25-29-33-36-40-43-47-51-55-59-63-76(81)89-69-74(95-78(83)65-61-57-53-49-45-39-32-28-24-20-16-12-8-4)71-93-97(85,86)91-67-73(80)68-92-98(87,88)94-72-75(96-79(84)66-62-58-54-50-46-42-38-35-31-27-23-19-15-11-7-3)70-90-77(82)64-60-56-52-48-44-41-37-34-30-26-22-18-14-10-6-2/h22,26,34-35,37-38,73-75,80H,5-21,23-25,27-33,36,39-72H2,1-4H3,(H,85,86)(H,87,88)/b26-22-,37-34-,38-35-. The molecule has 0 aliphatic rings. The minimum absolute atomic E-state index is 0.0882. The van der Waals surface area contributed by atoms with Crippen LogP contribution < -0.4 is 0 Å². The van der Waals surface area contributed by atoms with Crippen LogP contribution in [0.5, 0.6) is 0 Å². The molecular weight excluding hydrogens is 1280 g/mol. The van der Waals surface area contributed by atoms with E-state index in [9.17, 15) is 43.2 Å². The minimum Gasteiger partial charge on any atom is -0.462 e. The van der Waals surface area contributed by atoms with Gasteiger partial charge in [-0.3, -0.25) is 37.3 Å². The van der Waals surface area contributed by atoms with Gasteiger partial charge in [0.05, 0.1) is 26.4 Å².